The molecule has 0 unspecified atom stereocenters. The number of amides is 2. The van der Waals surface area contributed by atoms with E-state index in [0.717, 1.165) is 4.90 Å². The number of anilines is 2. The summed E-state index contributed by atoms with van der Waals surface area (Å²) in [5.74, 6) is -3.75. The van der Waals surface area contributed by atoms with E-state index in [1.807, 2.05) is 0 Å². The fourth-order valence-electron chi connectivity index (χ4n) is 5.17. The van der Waals surface area contributed by atoms with Gasteiger partial charge in [-0.3, -0.25) is 18.7 Å². The molecule has 0 spiro atoms. The van der Waals surface area contributed by atoms with Gasteiger partial charge in [-0.1, -0.05) is 12.1 Å². The van der Waals surface area contributed by atoms with Gasteiger partial charge in [0.1, 0.15) is 0 Å². The summed E-state index contributed by atoms with van der Waals surface area (Å²) in [7, 11) is 3.29. The molecule has 4 aromatic rings. The van der Waals surface area contributed by atoms with Gasteiger partial charge < -0.3 is 4.90 Å². The Kier molecular flexibility index (Phi) is 4.09. The number of carbonyl (C=O) groups excluding carboxylic acids is 2. The van der Waals surface area contributed by atoms with Crippen molar-refractivity contribution in [2.75, 3.05) is 22.9 Å². The van der Waals surface area contributed by atoms with Crippen molar-refractivity contribution in [1.29, 1.82) is 0 Å². The summed E-state index contributed by atoms with van der Waals surface area (Å²) < 4.78 is 30.7. The number of rotatable bonds is 2. The Labute approximate surface area is 192 Å². The van der Waals surface area contributed by atoms with E-state index in [-0.39, 0.29) is 18.7 Å². The Balaban J connectivity index is 1.50. The summed E-state index contributed by atoms with van der Waals surface area (Å²) in [5.41, 5.74) is 2.69. The molecule has 1 saturated heterocycles. The van der Waals surface area contributed by atoms with Crippen LogP contribution in [-0.2, 0) is 14.1 Å². The quantitative estimate of drug-likeness (QED) is 0.427. The molecule has 2 amide bonds. The number of alkyl halides is 2. The zero-order valence-corrected chi connectivity index (χ0v) is 18.5. The molecule has 0 aliphatic carbocycles. The number of fused-ring (bicyclic) bond motifs is 1. The smallest absolute Gasteiger partial charge is 0.328 e. The molecule has 1 aromatic heterocycles. The molecule has 3 heterocycles. The first-order valence-corrected chi connectivity index (χ1v) is 10.9. The lowest BCUT2D eigenvalue weighted by atomic mass is 9.92. The predicted octanol–water partition coefficient (Wildman–Crippen LogP) is 3.68. The van der Waals surface area contributed by atoms with E-state index in [1.165, 1.54) is 9.13 Å². The van der Waals surface area contributed by atoms with E-state index in [9.17, 15) is 23.2 Å². The van der Waals surface area contributed by atoms with Crippen LogP contribution in [0.3, 0.4) is 0 Å². The minimum absolute atomic E-state index is 0.204. The van der Waals surface area contributed by atoms with Gasteiger partial charge in [-0.25, -0.2) is 18.5 Å². The molecule has 2 aliphatic rings. The molecule has 6 rings (SSSR count). The molecule has 7 nitrogen and oxygen atoms in total. The van der Waals surface area contributed by atoms with Gasteiger partial charge in [-0.05, 0) is 36.4 Å². The summed E-state index contributed by atoms with van der Waals surface area (Å²) in [6.45, 7) is -0.189. The zero-order valence-electron chi connectivity index (χ0n) is 18.5. The van der Waals surface area contributed by atoms with Crippen molar-refractivity contribution in [1.82, 2.24) is 9.13 Å². The normalized spacial score (nSPS) is 17.4. The number of nitrogens with zero attached hydrogens (tertiary/aromatic N) is 4. The van der Waals surface area contributed by atoms with Crippen LogP contribution in [0.2, 0.25) is 0 Å². The number of aromatic nitrogens is 2. The molecule has 34 heavy (non-hydrogen) atoms. The van der Waals surface area contributed by atoms with Crippen LogP contribution in [0.15, 0.2) is 53.3 Å². The molecule has 3 aromatic carbocycles. The molecule has 2 aliphatic heterocycles. The minimum Gasteiger partial charge on any atom is -0.365 e. The highest BCUT2D eigenvalue weighted by Gasteiger charge is 2.40. The summed E-state index contributed by atoms with van der Waals surface area (Å²) in [6.07, 6.45) is -0.230. The molecule has 1 fully saturated rings. The van der Waals surface area contributed by atoms with Crippen LogP contribution >= 0.6 is 0 Å². The predicted molar refractivity (Wildman–Crippen MR) is 125 cm³/mol. The number of aryl methyl sites for hydroxylation is 2. The highest BCUT2D eigenvalue weighted by atomic mass is 19.3. The lowest BCUT2D eigenvalue weighted by Gasteiger charge is -2.29. The molecule has 0 atom stereocenters. The Morgan fingerprint density at radius 3 is 2.26 bits per heavy atom. The maximum atomic E-state index is 13.9. The second-order valence-corrected chi connectivity index (χ2v) is 8.91. The summed E-state index contributed by atoms with van der Waals surface area (Å²) >= 11 is 0. The molecular formula is C25H20F2N4O3. The van der Waals surface area contributed by atoms with Crippen LogP contribution < -0.4 is 15.5 Å². The van der Waals surface area contributed by atoms with E-state index >= 15 is 0 Å². The molecule has 0 radical (unpaired) electrons. The van der Waals surface area contributed by atoms with Crippen LogP contribution in [0.4, 0.5) is 20.2 Å². The van der Waals surface area contributed by atoms with Crippen LogP contribution in [0.25, 0.3) is 21.8 Å². The van der Waals surface area contributed by atoms with Gasteiger partial charge in [0.15, 0.2) is 0 Å². The van der Waals surface area contributed by atoms with Gasteiger partial charge in [0, 0.05) is 54.6 Å². The zero-order chi connectivity index (χ0) is 23.9. The molecule has 9 heteroatoms. The van der Waals surface area contributed by atoms with Crippen LogP contribution in [0.5, 0.6) is 0 Å². The van der Waals surface area contributed by atoms with Crippen LogP contribution in [-0.4, -0.2) is 40.0 Å². The lowest BCUT2D eigenvalue weighted by molar-refractivity contribution is 0.0257. The third-order valence-electron chi connectivity index (χ3n) is 6.91. The number of hydrogen-bond donors (Lipinski definition) is 0. The van der Waals surface area contributed by atoms with Crippen molar-refractivity contribution in [2.24, 2.45) is 14.1 Å². The summed E-state index contributed by atoms with van der Waals surface area (Å²) in [5, 5.41) is 1.09. The number of benzene rings is 3. The van der Waals surface area contributed by atoms with Gasteiger partial charge in [-0.15, -0.1) is 0 Å². The molecular weight excluding hydrogens is 442 g/mol. The van der Waals surface area contributed by atoms with Gasteiger partial charge >= 0.3 is 5.69 Å². The highest BCUT2D eigenvalue weighted by Crippen LogP contribution is 2.40. The average molecular weight is 462 g/mol. The SMILES string of the molecule is Cn1c(=O)n(C)c2cc(N3C(=O)c4cccc5c(N6CCC(F)(F)C6)ccc(c45)C3=O)ccc21. The Bertz CT molecular complexity index is 1600. The fraction of sp³-hybridized carbons (Fsp3) is 0.240. The van der Waals surface area contributed by atoms with Crippen molar-refractivity contribution in [2.45, 2.75) is 12.3 Å². The summed E-state index contributed by atoms with van der Waals surface area (Å²) in [6, 6.07) is 13.4. The second kappa shape index (κ2) is 6.75. The first-order chi connectivity index (χ1) is 16.2. The minimum atomic E-state index is -2.77. The fourth-order valence-corrected chi connectivity index (χ4v) is 5.17. The topological polar surface area (TPSA) is 67.6 Å². The molecule has 0 saturated carbocycles. The maximum Gasteiger partial charge on any atom is 0.328 e. The number of halogens is 2. The number of hydrogen-bond acceptors (Lipinski definition) is 4. The van der Waals surface area contributed by atoms with Crippen molar-refractivity contribution in [3.8, 4) is 0 Å². The Morgan fingerprint density at radius 1 is 0.853 bits per heavy atom. The van der Waals surface area contributed by atoms with Gasteiger partial charge in [0.2, 0.25) is 0 Å². The largest absolute Gasteiger partial charge is 0.365 e. The number of imidazole rings is 1. The number of imide groups is 1. The number of carbonyl (C=O) groups is 2. The Hall–Kier alpha value is -4.01. The van der Waals surface area contributed by atoms with Crippen molar-refractivity contribution in [3.05, 3.63) is 70.1 Å². The molecule has 0 N–H and O–H groups in total. The van der Waals surface area contributed by atoms with E-state index in [4.69, 9.17) is 0 Å². The van der Waals surface area contributed by atoms with Gasteiger partial charge in [0.05, 0.1) is 23.3 Å². The second-order valence-electron chi connectivity index (χ2n) is 8.91. The van der Waals surface area contributed by atoms with Crippen molar-refractivity contribution >= 4 is 45.0 Å². The van der Waals surface area contributed by atoms with Crippen LogP contribution in [0.1, 0.15) is 27.1 Å². The standard InChI is InChI=1S/C25H20F2N4O3/c1-28-19-8-6-14(12-20(19)29(2)24(28)34)31-22(32)16-5-3-4-15-18(30-11-10-25(26,27)13-30)9-7-17(21(15)16)23(31)33/h3-9,12H,10-11,13H2,1-2H3. The van der Waals surface area contributed by atoms with Crippen molar-refractivity contribution in [3.63, 3.8) is 0 Å². The van der Waals surface area contributed by atoms with Gasteiger partial charge in [-0.2, -0.15) is 0 Å². The highest BCUT2D eigenvalue weighted by molar-refractivity contribution is 6.36. The van der Waals surface area contributed by atoms with E-state index in [2.05, 4.69) is 0 Å². The summed E-state index contributed by atoms with van der Waals surface area (Å²) in [4.78, 5) is 42.1. The first-order valence-electron chi connectivity index (χ1n) is 10.9. The van der Waals surface area contributed by atoms with Crippen molar-refractivity contribution < 1.29 is 18.4 Å². The van der Waals surface area contributed by atoms with Gasteiger partial charge in [0.25, 0.3) is 17.7 Å². The van der Waals surface area contributed by atoms with E-state index < -0.39 is 24.3 Å². The third-order valence-corrected chi connectivity index (χ3v) is 6.91. The van der Waals surface area contributed by atoms with E-state index in [0.29, 0.717) is 44.3 Å². The van der Waals surface area contributed by atoms with E-state index in [1.54, 1.807) is 67.5 Å². The average Bonchev–Trinajstić information content (AvgIpc) is 3.29. The maximum absolute atomic E-state index is 13.9. The van der Waals surface area contributed by atoms with Crippen LogP contribution in [0, 0.1) is 0 Å². The first kappa shape index (κ1) is 20.6. The molecule has 0 bridgehead atoms. The Morgan fingerprint density at radius 2 is 1.56 bits per heavy atom. The molecule has 172 valence electrons. The lowest BCUT2D eigenvalue weighted by Crippen LogP contribution is -2.40. The monoisotopic (exact) mass is 462 g/mol. The third kappa shape index (κ3) is 2.69.